The predicted octanol–water partition coefficient (Wildman–Crippen LogP) is 7.74. The molecule has 2 aromatic heterocycles. The van der Waals surface area contributed by atoms with Crippen molar-refractivity contribution in [1.82, 2.24) is 0 Å². The average Bonchev–Trinajstić information content (AvgIpc) is 3.06. The number of thiophene rings is 2. The van der Waals surface area contributed by atoms with Gasteiger partial charge in [0.2, 0.25) is 0 Å². The molecular weight excluding hydrogens is 304 g/mol. The topological polar surface area (TPSA) is 0 Å². The lowest BCUT2D eigenvalue weighted by Crippen LogP contribution is -2.03. The molecule has 0 unspecified atom stereocenters. The van der Waals surface area contributed by atoms with Gasteiger partial charge in [-0.1, -0.05) is 40.5 Å². The first-order valence-corrected chi connectivity index (χ1v) is 10.4. The minimum Gasteiger partial charge on any atom is -0.143 e. The zero-order valence-electron chi connectivity index (χ0n) is 14.7. The Morgan fingerprint density at radius 2 is 1.32 bits per heavy atom. The molecule has 2 rings (SSSR count). The summed E-state index contributed by atoms with van der Waals surface area (Å²) in [5.41, 5.74) is 3.04. The Morgan fingerprint density at radius 1 is 0.773 bits per heavy atom. The second-order valence-corrected chi connectivity index (χ2v) is 9.11. The van der Waals surface area contributed by atoms with Gasteiger partial charge in [-0.25, -0.2) is 0 Å². The van der Waals surface area contributed by atoms with Crippen molar-refractivity contribution in [3.05, 3.63) is 34.0 Å². The lowest BCUT2D eigenvalue weighted by Gasteiger charge is -2.20. The second kappa shape index (κ2) is 8.31. The van der Waals surface area contributed by atoms with E-state index in [1.165, 1.54) is 41.0 Å². The lowest BCUT2D eigenvalue weighted by molar-refractivity contribution is 0.442. The fourth-order valence-corrected chi connectivity index (χ4v) is 5.12. The Bertz CT molecular complexity index is 548. The summed E-state index contributed by atoms with van der Waals surface area (Å²) < 4.78 is 0. The molecule has 0 N–H and O–H groups in total. The number of hydrogen-bond donors (Lipinski definition) is 0. The Morgan fingerprint density at radius 3 is 1.82 bits per heavy atom. The average molecular weight is 335 g/mol. The van der Waals surface area contributed by atoms with Crippen LogP contribution in [0.2, 0.25) is 0 Å². The molecule has 0 aromatic carbocycles. The van der Waals surface area contributed by atoms with E-state index in [0.29, 0.717) is 0 Å². The van der Waals surface area contributed by atoms with Crippen LogP contribution in [0.25, 0.3) is 9.75 Å². The monoisotopic (exact) mass is 334 g/mol. The molecule has 22 heavy (non-hydrogen) atoms. The molecule has 122 valence electrons. The van der Waals surface area contributed by atoms with Gasteiger partial charge >= 0.3 is 0 Å². The van der Waals surface area contributed by atoms with Gasteiger partial charge in [0.05, 0.1) is 0 Å². The van der Waals surface area contributed by atoms with Crippen LogP contribution < -0.4 is 0 Å². The Kier molecular flexibility index (Phi) is 6.70. The largest absolute Gasteiger partial charge is 0.143 e. The van der Waals surface area contributed by atoms with Crippen molar-refractivity contribution in [1.29, 1.82) is 0 Å². The first-order chi connectivity index (χ1) is 10.5. The molecule has 0 atom stereocenters. The van der Waals surface area contributed by atoms with E-state index in [9.17, 15) is 0 Å². The van der Waals surface area contributed by atoms with Crippen molar-refractivity contribution < 1.29 is 0 Å². The normalized spacial score (nSPS) is 12.0. The SMILES string of the molecule is Cc1ccsc1-c1sccc1C(CCC(C)C)CCC(C)C. The van der Waals surface area contributed by atoms with E-state index >= 15 is 0 Å². The predicted molar refractivity (Wildman–Crippen MR) is 103 cm³/mol. The zero-order valence-corrected chi connectivity index (χ0v) is 16.3. The molecule has 0 saturated carbocycles. The maximum absolute atomic E-state index is 2.39. The molecule has 0 bridgehead atoms. The summed E-state index contributed by atoms with van der Waals surface area (Å²) >= 11 is 3.83. The van der Waals surface area contributed by atoms with Gasteiger partial charge in [-0.2, -0.15) is 0 Å². The second-order valence-electron chi connectivity index (χ2n) is 7.28. The first kappa shape index (κ1) is 17.7. The van der Waals surface area contributed by atoms with Gasteiger partial charge in [0.15, 0.2) is 0 Å². The molecule has 0 spiro atoms. The van der Waals surface area contributed by atoms with Crippen molar-refractivity contribution in [3.63, 3.8) is 0 Å². The highest BCUT2D eigenvalue weighted by Gasteiger charge is 2.20. The molecule has 2 heteroatoms. The maximum Gasteiger partial charge on any atom is 0.0480 e. The van der Waals surface area contributed by atoms with E-state index in [1.807, 2.05) is 22.7 Å². The highest BCUT2D eigenvalue weighted by atomic mass is 32.1. The fraction of sp³-hybridized carbons (Fsp3) is 0.600. The van der Waals surface area contributed by atoms with E-state index in [0.717, 1.165) is 17.8 Å². The quantitative estimate of drug-likeness (QED) is 0.463. The zero-order chi connectivity index (χ0) is 16.1. The lowest BCUT2D eigenvalue weighted by atomic mass is 9.86. The van der Waals surface area contributed by atoms with Gasteiger partial charge in [-0.3, -0.25) is 0 Å². The van der Waals surface area contributed by atoms with Crippen LogP contribution in [0.4, 0.5) is 0 Å². The van der Waals surface area contributed by atoms with Crippen LogP contribution in [0, 0.1) is 18.8 Å². The Hall–Kier alpha value is -0.600. The molecule has 0 saturated heterocycles. The third-order valence-electron chi connectivity index (χ3n) is 4.39. The van der Waals surface area contributed by atoms with Crippen LogP contribution >= 0.6 is 22.7 Å². The molecule has 0 nitrogen and oxygen atoms in total. The van der Waals surface area contributed by atoms with Gasteiger partial charge in [0.25, 0.3) is 0 Å². The van der Waals surface area contributed by atoms with Crippen molar-refractivity contribution >= 4 is 22.7 Å². The van der Waals surface area contributed by atoms with Crippen LogP contribution in [-0.2, 0) is 0 Å². The molecule has 0 fully saturated rings. The molecular formula is C20H30S2. The molecule has 0 amide bonds. The van der Waals surface area contributed by atoms with Gasteiger partial charge in [0.1, 0.15) is 0 Å². The molecule has 0 aliphatic heterocycles. The number of hydrogen-bond acceptors (Lipinski definition) is 2. The summed E-state index contributed by atoms with van der Waals surface area (Å²) in [5, 5.41) is 4.52. The van der Waals surface area contributed by atoms with Crippen molar-refractivity contribution in [2.75, 3.05) is 0 Å². The summed E-state index contributed by atoms with van der Waals surface area (Å²) in [6, 6.07) is 4.64. The van der Waals surface area contributed by atoms with E-state index in [-0.39, 0.29) is 0 Å². The first-order valence-electron chi connectivity index (χ1n) is 8.60. The van der Waals surface area contributed by atoms with Gasteiger partial charge in [-0.05, 0) is 71.5 Å². The van der Waals surface area contributed by atoms with Crippen LogP contribution in [0.1, 0.15) is 70.4 Å². The highest BCUT2D eigenvalue weighted by molar-refractivity contribution is 7.20. The van der Waals surface area contributed by atoms with Gasteiger partial charge in [0, 0.05) is 9.75 Å². The van der Waals surface area contributed by atoms with Crippen LogP contribution in [0.5, 0.6) is 0 Å². The summed E-state index contributed by atoms with van der Waals surface area (Å²) in [6.45, 7) is 11.6. The summed E-state index contributed by atoms with van der Waals surface area (Å²) in [6.07, 6.45) is 5.33. The van der Waals surface area contributed by atoms with E-state index in [4.69, 9.17) is 0 Å². The van der Waals surface area contributed by atoms with E-state index < -0.39 is 0 Å². The van der Waals surface area contributed by atoms with E-state index in [2.05, 4.69) is 57.5 Å². The van der Waals surface area contributed by atoms with Crippen LogP contribution in [0.15, 0.2) is 22.9 Å². The molecule has 2 heterocycles. The third kappa shape index (κ3) is 4.70. The van der Waals surface area contributed by atoms with E-state index in [1.54, 1.807) is 5.56 Å². The standard InChI is InChI=1S/C20H30S2/c1-14(2)6-8-17(9-7-15(3)4)18-11-13-22-20(18)19-16(5)10-12-21-19/h10-15,17H,6-9H2,1-5H3. The highest BCUT2D eigenvalue weighted by Crippen LogP contribution is 2.42. The van der Waals surface area contributed by atoms with Crippen molar-refractivity contribution in [2.45, 2.75) is 66.2 Å². The molecule has 2 aromatic rings. The molecule has 0 radical (unpaired) electrons. The third-order valence-corrected chi connectivity index (χ3v) is 6.50. The molecule has 0 aliphatic rings. The number of aryl methyl sites for hydroxylation is 1. The Labute approximate surface area is 144 Å². The maximum atomic E-state index is 2.39. The fourth-order valence-electron chi connectivity index (χ4n) is 2.95. The smallest absolute Gasteiger partial charge is 0.0480 e. The minimum absolute atomic E-state index is 0.729. The van der Waals surface area contributed by atoms with Crippen molar-refractivity contribution in [3.8, 4) is 9.75 Å². The van der Waals surface area contributed by atoms with Crippen molar-refractivity contribution in [2.24, 2.45) is 11.8 Å². The minimum atomic E-state index is 0.729. The van der Waals surface area contributed by atoms with Crippen LogP contribution in [-0.4, -0.2) is 0 Å². The summed E-state index contributed by atoms with van der Waals surface area (Å²) in [5.74, 6) is 2.33. The number of rotatable bonds is 8. The molecule has 0 aliphatic carbocycles. The van der Waals surface area contributed by atoms with Gasteiger partial charge in [-0.15, -0.1) is 22.7 Å². The summed E-state index contributed by atoms with van der Waals surface area (Å²) in [7, 11) is 0. The summed E-state index contributed by atoms with van der Waals surface area (Å²) in [4.78, 5) is 3.02. The Balaban J connectivity index is 2.23. The van der Waals surface area contributed by atoms with Crippen LogP contribution in [0.3, 0.4) is 0 Å². The van der Waals surface area contributed by atoms with Gasteiger partial charge < -0.3 is 0 Å².